The van der Waals surface area contributed by atoms with Crippen molar-refractivity contribution in [2.75, 3.05) is 71.9 Å². The highest BCUT2D eigenvalue weighted by Gasteiger charge is 2.48. The lowest BCUT2D eigenvalue weighted by molar-refractivity contribution is -0.152. The molecular formula is C92H117F3N18O21S. The molecule has 3 saturated heterocycles. The molecule has 4 heterocycles. The van der Waals surface area contributed by atoms with Gasteiger partial charge in [-0.15, -0.1) is 11.8 Å². The molecule has 0 radical (unpaired) electrons. The van der Waals surface area contributed by atoms with Crippen LogP contribution in [0.15, 0.2) is 128 Å². The molecule has 728 valence electrons. The van der Waals surface area contributed by atoms with E-state index in [2.05, 4.69) is 58.2 Å². The number of likely N-dealkylation sites (N-methyl/N-ethyl adjacent to an activating group) is 3. The molecule has 0 bridgehead atoms. The van der Waals surface area contributed by atoms with Crippen LogP contribution in [0.3, 0.4) is 0 Å². The van der Waals surface area contributed by atoms with Crippen LogP contribution in [0, 0.1) is 23.4 Å². The van der Waals surface area contributed by atoms with E-state index in [0.717, 1.165) is 31.5 Å². The number of nitrogens with one attached hydrogen (secondary N) is 11. The van der Waals surface area contributed by atoms with Crippen LogP contribution in [0.1, 0.15) is 106 Å². The average molecular weight is 1900 g/mol. The zero-order valence-electron chi connectivity index (χ0n) is 75.5. The zero-order valence-corrected chi connectivity index (χ0v) is 76.3. The number of H-pyrrole nitrogens is 1. The monoisotopic (exact) mass is 1900 g/mol. The zero-order chi connectivity index (χ0) is 98.6. The highest BCUT2D eigenvalue weighted by Crippen LogP contribution is 2.28. The summed E-state index contributed by atoms with van der Waals surface area (Å²) in [6, 6.07) is 7.26. The van der Waals surface area contributed by atoms with Crippen LogP contribution in [0.2, 0.25) is 0 Å². The lowest BCUT2D eigenvalue weighted by Crippen LogP contribution is -2.65. The first-order valence-electron chi connectivity index (χ1n) is 44.3. The van der Waals surface area contributed by atoms with Crippen molar-refractivity contribution >= 4 is 123 Å². The van der Waals surface area contributed by atoms with Gasteiger partial charge in [0, 0.05) is 115 Å². The maximum atomic E-state index is 15.7. The number of primary amides is 1. The van der Waals surface area contributed by atoms with Gasteiger partial charge < -0.3 is 115 Å². The number of carboxylic acids is 2. The summed E-state index contributed by atoms with van der Waals surface area (Å²) < 4.78 is 45.1. The fourth-order valence-electron chi connectivity index (χ4n) is 16.3. The molecule has 5 aromatic carbocycles. The van der Waals surface area contributed by atoms with Gasteiger partial charge in [0.25, 0.3) is 0 Å². The Balaban J connectivity index is 1.14. The van der Waals surface area contributed by atoms with Crippen molar-refractivity contribution in [2.24, 2.45) is 17.4 Å². The number of carboxylic acid groups (broad SMARTS) is 2. The van der Waals surface area contributed by atoms with E-state index in [4.69, 9.17) is 11.5 Å². The van der Waals surface area contributed by atoms with Crippen LogP contribution < -0.4 is 64.6 Å². The van der Waals surface area contributed by atoms with Crippen molar-refractivity contribution in [3.05, 3.63) is 173 Å². The van der Waals surface area contributed by atoms with E-state index in [1.54, 1.807) is 98.0 Å². The van der Waals surface area contributed by atoms with Gasteiger partial charge in [-0.1, -0.05) is 125 Å². The van der Waals surface area contributed by atoms with E-state index in [1.165, 1.54) is 52.2 Å². The molecule has 15 amide bonds. The van der Waals surface area contributed by atoms with Crippen molar-refractivity contribution in [3.8, 4) is 5.75 Å². The fourth-order valence-corrected chi connectivity index (χ4v) is 17.1. The summed E-state index contributed by atoms with van der Waals surface area (Å²) in [5.41, 5.74) is 13.2. The lowest BCUT2D eigenvalue weighted by Gasteiger charge is -2.38. The number of nitrogens with two attached hydrogens (primary N) is 2. The number of carbonyl (C=O) groups excluding carboxylic acids is 15. The number of hydrogen-bond acceptors (Lipinski definition) is 22. The maximum absolute atomic E-state index is 15.7. The number of halogens is 3. The number of nitrogens with zero attached hydrogens (tertiary/aromatic N) is 5. The van der Waals surface area contributed by atoms with Gasteiger partial charge in [0.15, 0.2) is 17.5 Å². The molecule has 0 saturated carbocycles. The number of rotatable bonds is 25. The Morgan fingerprint density at radius 3 is 1.72 bits per heavy atom. The predicted octanol–water partition coefficient (Wildman–Crippen LogP) is -0.801. The number of unbranched alkanes of at least 4 members (excludes halogenated alkanes) is 1. The first-order valence-corrected chi connectivity index (χ1v) is 45.4. The van der Waals surface area contributed by atoms with Gasteiger partial charge in [0.1, 0.15) is 84.3 Å². The third-order valence-corrected chi connectivity index (χ3v) is 24.7. The topological polar surface area (TPSA) is 575 Å². The molecule has 3 aliphatic rings. The number of para-hydroxylation sites is 1. The number of fused-ring (bicyclic) bond motifs is 3. The summed E-state index contributed by atoms with van der Waals surface area (Å²) in [5, 5.41) is 69.0. The number of thioether (sulfide) groups is 1. The van der Waals surface area contributed by atoms with Crippen LogP contribution in [-0.4, -0.2) is 307 Å². The van der Waals surface area contributed by atoms with Crippen molar-refractivity contribution in [1.29, 1.82) is 0 Å². The minimum Gasteiger partial charge on any atom is -0.508 e. The van der Waals surface area contributed by atoms with E-state index < -0.39 is 277 Å². The van der Waals surface area contributed by atoms with Gasteiger partial charge in [-0.05, 0) is 96.3 Å². The third-order valence-electron chi connectivity index (χ3n) is 23.7. The molecular weight excluding hydrogens is 1780 g/mol. The third kappa shape index (κ3) is 29.5. The van der Waals surface area contributed by atoms with Gasteiger partial charge in [-0.3, -0.25) is 81.5 Å². The van der Waals surface area contributed by atoms with Crippen LogP contribution in [-0.2, 0) is 114 Å². The summed E-state index contributed by atoms with van der Waals surface area (Å²) in [6.45, 7) is 2.69. The molecule has 19 N–H and O–H groups in total. The highest BCUT2D eigenvalue weighted by atomic mass is 32.2. The number of aromatic amines is 1. The molecule has 0 unspecified atom stereocenters. The molecule has 0 spiro atoms. The van der Waals surface area contributed by atoms with E-state index in [-0.39, 0.29) is 76.9 Å². The van der Waals surface area contributed by atoms with Crippen molar-refractivity contribution < 1.29 is 115 Å². The van der Waals surface area contributed by atoms with E-state index in [0.29, 0.717) is 63.5 Å². The van der Waals surface area contributed by atoms with Gasteiger partial charge in [0.2, 0.25) is 88.6 Å². The molecule has 39 nitrogen and oxygen atoms in total. The Labute approximate surface area is 780 Å². The Hall–Kier alpha value is -13.6. The van der Waals surface area contributed by atoms with Gasteiger partial charge >= 0.3 is 11.9 Å². The van der Waals surface area contributed by atoms with Crippen molar-refractivity contribution in [3.63, 3.8) is 0 Å². The minimum absolute atomic E-state index is 0.00532. The number of piperazine rings is 1. The summed E-state index contributed by atoms with van der Waals surface area (Å²) in [6.07, 6.45) is -4.97. The summed E-state index contributed by atoms with van der Waals surface area (Å²) in [7, 11) is 3.57. The first-order chi connectivity index (χ1) is 64.2. The second-order valence-electron chi connectivity index (χ2n) is 34.0. The van der Waals surface area contributed by atoms with Crippen LogP contribution in [0.4, 0.5) is 13.2 Å². The standard InChI is InChI=1S/C92H117F3N18O21S/c1-7-8-25-69-91(133)113-47-57(115)42-71(113)86(128)106-66(43-77(120)121)84(126)108-79(50(2)3)92(134)110(5)70(39-51-18-11-9-12-19-51)85(127)103-63(30-31-76(118)119)89(131)112-34-33-98-45-73(112)87(129)105-65(41-55-44-99-61-23-16-15-22-58(55)61)83(125)104-64(37-53-26-28-56(114)29-27-53)82(124)102-62(24-17-32-96)81(123)107-68(80(122)100-46-74(97)116)48-135-49-75(117)101-67(38-54-35-59(93)78(95)60(94)36-54)88(130)111(6)72(90(132)109(69)4)40-52-20-13-10-14-21-52/h9-16,18-23,26-29,35-36,44,50,57,62-73,79,98-99,114-115H,7-8,17,24-25,30-34,37-43,45-49,96H2,1-6H3,(H2,97,116)(H,100,122)(H,101,117)(H,102,124)(H,103,127)(H,104,125)(H,105,129)(H,106,128)(H,107,123)(H,108,126)(H,118,119)(H,120,121)/t57-,62+,63+,64+,65-,66+,67+,68+,69+,70+,71-,72+,73-,79+/m1/s1. The number of phenolic OH excluding ortho intramolecular Hbond substituents is 1. The first kappa shape index (κ1) is 105. The smallest absolute Gasteiger partial charge is 0.305 e. The van der Waals surface area contributed by atoms with Crippen LogP contribution >= 0.6 is 11.8 Å². The molecule has 3 aliphatic heterocycles. The Bertz CT molecular complexity index is 5240. The maximum Gasteiger partial charge on any atom is 0.305 e. The Kier molecular flexibility index (Phi) is 38.9. The second-order valence-corrected chi connectivity index (χ2v) is 35.0. The van der Waals surface area contributed by atoms with E-state index in [1.807, 2.05) is 0 Å². The van der Waals surface area contributed by atoms with Crippen LogP contribution in [0.25, 0.3) is 10.9 Å². The Morgan fingerprint density at radius 2 is 1.10 bits per heavy atom. The van der Waals surface area contributed by atoms with Crippen molar-refractivity contribution in [1.82, 2.24) is 82.7 Å². The summed E-state index contributed by atoms with van der Waals surface area (Å²) >= 11 is 0.633. The Morgan fingerprint density at radius 1 is 0.541 bits per heavy atom. The average Bonchev–Trinajstić information content (AvgIpc) is 1.62. The number of aliphatic hydroxyl groups is 1. The molecule has 14 atom stereocenters. The fraction of sp³-hybridized carbons (Fsp3) is 0.467. The molecule has 0 aliphatic carbocycles. The molecule has 43 heteroatoms. The molecule has 135 heavy (non-hydrogen) atoms. The molecule has 3 fully saturated rings. The lowest BCUT2D eigenvalue weighted by atomic mass is 9.98. The van der Waals surface area contributed by atoms with Gasteiger partial charge in [0.05, 0.1) is 24.8 Å². The van der Waals surface area contributed by atoms with Gasteiger partial charge in [-0.25, -0.2) is 13.2 Å². The number of phenols is 1. The quantitative estimate of drug-likeness (QED) is 0.0312. The minimum atomic E-state index is -2.06. The van der Waals surface area contributed by atoms with Crippen molar-refractivity contribution in [2.45, 2.75) is 195 Å². The molecule has 1 aromatic heterocycles. The molecule has 9 rings (SSSR count). The van der Waals surface area contributed by atoms with E-state index >= 15 is 51.9 Å². The predicted molar refractivity (Wildman–Crippen MR) is 485 cm³/mol. The normalized spacial score (nSPS) is 24.0. The second kappa shape index (κ2) is 50.0. The highest BCUT2D eigenvalue weighted by molar-refractivity contribution is 8.00. The number of aliphatic hydroxyl groups excluding tert-OH is 1. The van der Waals surface area contributed by atoms with Gasteiger partial charge in [-0.2, -0.15) is 0 Å². The SMILES string of the molecule is CCCC[C@H]1C(=O)N2C[C@H](O)C[C@@H]2C(=O)N[C@@H](CC(=O)O)C(=O)N[C@@H](C(C)C)C(=O)N(C)[C@@H](Cc2ccccc2)C(=O)N[C@@H](CCC(=O)O)C(=O)N2CCNC[C@@H]2C(=O)N[C@H](Cc2c[nH]c3ccccc23)C(=O)N[C@@H](Cc2ccc(O)cc2)C(=O)N[C@@H](CCCN)C(=O)N[C@H](C(=O)NCC(N)=O)CSCC(=O)N[C@@H](Cc2cc(F)c(F)c(F)c2)C(=O)N(C)[C@@H](Cc2ccccc2)C(=O)N1C. The number of aromatic nitrogens is 1. The number of aliphatic carboxylic acids is 2. The number of amides is 15. The van der Waals surface area contributed by atoms with E-state index in [9.17, 15) is 63.2 Å². The summed E-state index contributed by atoms with van der Waals surface area (Å²) in [4.78, 5) is 258. The largest absolute Gasteiger partial charge is 0.508 e. The summed E-state index contributed by atoms with van der Waals surface area (Å²) in [5.74, 6) is -26.7. The number of hydrogen-bond donors (Lipinski definition) is 17. The number of aromatic hydroxyl groups is 1. The van der Waals surface area contributed by atoms with Crippen LogP contribution in [0.5, 0.6) is 5.75 Å². The number of carbonyl (C=O) groups is 17. The molecule has 6 aromatic rings. The number of benzene rings is 5.